The van der Waals surface area contributed by atoms with Crippen molar-refractivity contribution >= 4 is 21.7 Å². The van der Waals surface area contributed by atoms with Gasteiger partial charge >= 0.3 is 0 Å². The second-order valence-corrected chi connectivity index (χ2v) is 6.06. The van der Waals surface area contributed by atoms with E-state index in [-0.39, 0.29) is 0 Å². The summed E-state index contributed by atoms with van der Waals surface area (Å²) >= 11 is 3.53. The van der Waals surface area contributed by atoms with Gasteiger partial charge in [0.25, 0.3) is 0 Å². The molecule has 4 heteroatoms. The quantitative estimate of drug-likeness (QED) is 0.799. The number of benzene rings is 1. The summed E-state index contributed by atoms with van der Waals surface area (Å²) in [5.74, 6) is 1.88. The van der Waals surface area contributed by atoms with Crippen LogP contribution in [-0.4, -0.2) is 16.5 Å². The van der Waals surface area contributed by atoms with Gasteiger partial charge in [-0.15, -0.1) is 0 Å². The summed E-state index contributed by atoms with van der Waals surface area (Å²) in [6.07, 6.45) is 3.04. The molecule has 0 aliphatic rings. The van der Waals surface area contributed by atoms with Crippen molar-refractivity contribution in [3.8, 4) is 11.3 Å². The second kappa shape index (κ2) is 7.55. The van der Waals surface area contributed by atoms with Crippen LogP contribution in [0.4, 0.5) is 5.82 Å². The van der Waals surface area contributed by atoms with E-state index >= 15 is 0 Å². The molecule has 0 fully saturated rings. The van der Waals surface area contributed by atoms with E-state index in [1.165, 1.54) is 0 Å². The second-order valence-electron chi connectivity index (χ2n) is 5.15. The normalized spacial score (nSPS) is 10.7. The molecule has 1 heterocycles. The van der Waals surface area contributed by atoms with Gasteiger partial charge in [0.05, 0.1) is 5.69 Å². The van der Waals surface area contributed by atoms with Crippen LogP contribution in [0.3, 0.4) is 0 Å². The number of aryl methyl sites for hydroxylation is 1. The van der Waals surface area contributed by atoms with Gasteiger partial charge in [-0.3, -0.25) is 0 Å². The van der Waals surface area contributed by atoms with Crippen molar-refractivity contribution < 1.29 is 0 Å². The highest BCUT2D eigenvalue weighted by Crippen LogP contribution is 2.28. The minimum absolute atomic E-state index is 0.905. The summed E-state index contributed by atoms with van der Waals surface area (Å²) in [4.78, 5) is 9.44. The third kappa shape index (κ3) is 4.03. The first-order chi connectivity index (χ1) is 10.2. The molecule has 21 heavy (non-hydrogen) atoms. The zero-order chi connectivity index (χ0) is 15.2. The van der Waals surface area contributed by atoms with E-state index < -0.39 is 0 Å². The van der Waals surface area contributed by atoms with Gasteiger partial charge in [-0.05, 0) is 31.9 Å². The maximum absolute atomic E-state index is 4.77. The summed E-state index contributed by atoms with van der Waals surface area (Å²) in [6.45, 7) is 7.33. The molecule has 0 unspecified atom stereocenters. The summed E-state index contributed by atoms with van der Waals surface area (Å²) in [5.41, 5.74) is 3.26. The topological polar surface area (TPSA) is 37.8 Å². The summed E-state index contributed by atoms with van der Waals surface area (Å²) < 4.78 is 1.07. The summed E-state index contributed by atoms with van der Waals surface area (Å²) in [5, 5.41) is 3.42. The number of rotatable bonds is 6. The van der Waals surface area contributed by atoms with Crippen molar-refractivity contribution in [1.82, 2.24) is 9.97 Å². The summed E-state index contributed by atoms with van der Waals surface area (Å²) in [7, 11) is 0. The Labute approximate surface area is 135 Å². The smallest absolute Gasteiger partial charge is 0.133 e. The molecule has 112 valence electrons. The van der Waals surface area contributed by atoms with Crippen LogP contribution in [0.15, 0.2) is 28.7 Å². The Kier molecular flexibility index (Phi) is 5.74. The van der Waals surface area contributed by atoms with Crippen LogP contribution in [0.1, 0.15) is 38.1 Å². The van der Waals surface area contributed by atoms with Crippen LogP contribution in [0.25, 0.3) is 11.3 Å². The predicted octanol–water partition coefficient (Wildman–Crippen LogP) is 4.99. The molecule has 0 aliphatic heterocycles. The molecule has 0 amide bonds. The van der Waals surface area contributed by atoms with Crippen LogP contribution in [0, 0.1) is 6.92 Å². The number of hydrogen-bond acceptors (Lipinski definition) is 3. The Morgan fingerprint density at radius 3 is 2.62 bits per heavy atom. The highest BCUT2D eigenvalue weighted by molar-refractivity contribution is 9.10. The molecule has 1 aromatic carbocycles. The van der Waals surface area contributed by atoms with E-state index in [2.05, 4.69) is 59.1 Å². The number of nitrogens with one attached hydrogen (secondary N) is 1. The minimum Gasteiger partial charge on any atom is -0.370 e. The number of aromatic nitrogens is 2. The summed E-state index contributed by atoms with van der Waals surface area (Å²) in [6, 6.07) is 8.27. The highest BCUT2D eigenvalue weighted by atomic mass is 79.9. The van der Waals surface area contributed by atoms with Gasteiger partial charge in [0.2, 0.25) is 0 Å². The molecule has 1 aromatic heterocycles. The molecule has 0 radical (unpaired) electrons. The number of halogens is 1. The molecule has 0 bridgehead atoms. The van der Waals surface area contributed by atoms with Crippen LogP contribution in [0.5, 0.6) is 0 Å². The zero-order valence-electron chi connectivity index (χ0n) is 12.9. The zero-order valence-corrected chi connectivity index (χ0v) is 14.5. The lowest BCUT2D eigenvalue weighted by molar-refractivity contribution is 0.830. The Morgan fingerprint density at radius 1 is 1.14 bits per heavy atom. The molecule has 3 nitrogen and oxygen atoms in total. The van der Waals surface area contributed by atoms with Crippen molar-refractivity contribution in [1.29, 1.82) is 0 Å². The molecule has 0 spiro atoms. The minimum atomic E-state index is 0.905. The fourth-order valence-electron chi connectivity index (χ4n) is 2.23. The Hall–Kier alpha value is -1.42. The molecule has 0 saturated carbocycles. The first-order valence-electron chi connectivity index (χ1n) is 7.53. The Balaban J connectivity index is 2.49. The lowest BCUT2D eigenvalue weighted by Crippen LogP contribution is -2.09. The van der Waals surface area contributed by atoms with Crippen molar-refractivity contribution in [2.24, 2.45) is 0 Å². The number of nitrogens with zero attached hydrogens (tertiary/aromatic N) is 2. The first kappa shape index (κ1) is 16.0. The average molecular weight is 348 g/mol. The third-order valence-corrected chi connectivity index (χ3v) is 3.80. The van der Waals surface area contributed by atoms with Crippen molar-refractivity contribution in [2.45, 2.75) is 40.0 Å². The molecule has 2 rings (SSSR count). The first-order valence-corrected chi connectivity index (χ1v) is 8.32. The van der Waals surface area contributed by atoms with Gasteiger partial charge in [-0.2, -0.15) is 0 Å². The lowest BCUT2D eigenvalue weighted by atomic mass is 10.1. The van der Waals surface area contributed by atoms with Crippen LogP contribution in [0.2, 0.25) is 0 Å². The van der Waals surface area contributed by atoms with Crippen LogP contribution < -0.4 is 5.32 Å². The van der Waals surface area contributed by atoms with E-state index in [1.54, 1.807) is 0 Å². The lowest BCUT2D eigenvalue weighted by Gasteiger charge is -2.14. The van der Waals surface area contributed by atoms with Gasteiger partial charge in [0.1, 0.15) is 11.6 Å². The molecule has 0 atom stereocenters. The van der Waals surface area contributed by atoms with Crippen LogP contribution >= 0.6 is 15.9 Å². The van der Waals surface area contributed by atoms with Gasteiger partial charge in [0.15, 0.2) is 0 Å². The molecule has 1 N–H and O–H groups in total. The van der Waals surface area contributed by atoms with E-state index in [1.807, 2.05) is 12.1 Å². The van der Waals surface area contributed by atoms with Crippen molar-refractivity contribution in [3.05, 3.63) is 40.1 Å². The van der Waals surface area contributed by atoms with Crippen molar-refractivity contribution in [2.75, 3.05) is 11.9 Å². The maximum Gasteiger partial charge on any atom is 0.133 e. The Morgan fingerprint density at radius 2 is 1.95 bits per heavy atom. The Bertz CT molecular complexity index is 611. The number of anilines is 1. The van der Waals surface area contributed by atoms with E-state index in [4.69, 9.17) is 4.98 Å². The standard InChI is InChI=1S/C17H22BrN3/c1-4-7-15-20-16(13-8-6-9-14(18)11-13)12(3)17(21-15)19-10-5-2/h6,8-9,11H,4-5,7,10H2,1-3H3,(H,19,20,21). The molecule has 0 aliphatic carbocycles. The average Bonchev–Trinajstić information content (AvgIpc) is 2.47. The van der Waals surface area contributed by atoms with Gasteiger partial charge in [-0.25, -0.2) is 9.97 Å². The predicted molar refractivity (Wildman–Crippen MR) is 92.7 cm³/mol. The molecular weight excluding hydrogens is 326 g/mol. The molecule has 2 aromatic rings. The largest absolute Gasteiger partial charge is 0.370 e. The monoisotopic (exact) mass is 347 g/mol. The van der Waals surface area contributed by atoms with Gasteiger partial charge < -0.3 is 5.32 Å². The van der Waals surface area contributed by atoms with Gasteiger partial charge in [-0.1, -0.05) is 41.9 Å². The highest BCUT2D eigenvalue weighted by Gasteiger charge is 2.12. The number of hydrogen-bond donors (Lipinski definition) is 1. The maximum atomic E-state index is 4.77. The van der Waals surface area contributed by atoms with Gasteiger partial charge in [0, 0.05) is 28.6 Å². The van der Waals surface area contributed by atoms with E-state index in [9.17, 15) is 0 Å². The SMILES string of the molecule is CCCNc1nc(CCC)nc(-c2cccc(Br)c2)c1C. The fourth-order valence-corrected chi connectivity index (χ4v) is 2.63. The van der Waals surface area contributed by atoms with Crippen molar-refractivity contribution in [3.63, 3.8) is 0 Å². The third-order valence-electron chi connectivity index (χ3n) is 3.31. The van der Waals surface area contributed by atoms with E-state index in [0.717, 1.165) is 58.7 Å². The fraction of sp³-hybridized carbons (Fsp3) is 0.412. The van der Waals surface area contributed by atoms with E-state index in [0.29, 0.717) is 0 Å². The molecule has 0 saturated heterocycles. The molecular formula is C17H22BrN3. The van der Waals surface area contributed by atoms with Crippen LogP contribution in [-0.2, 0) is 6.42 Å².